The Labute approximate surface area is 116 Å². The van der Waals surface area contributed by atoms with Crippen molar-refractivity contribution >= 4 is 0 Å². The largest absolute Gasteiger partial charge is 0.416 e. The number of alkyl halides is 3. The van der Waals surface area contributed by atoms with Crippen molar-refractivity contribution in [3.63, 3.8) is 0 Å². The van der Waals surface area contributed by atoms with Gasteiger partial charge in [-0.05, 0) is 18.1 Å². The van der Waals surface area contributed by atoms with E-state index in [-0.39, 0.29) is 23.8 Å². The van der Waals surface area contributed by atoms with Gasteiger partial charge in [-0.25, -0.2) is 0 Å². The molecule has 112 valence electrons. The molecular weight excluding hydrogens is 271 g/mol. The van der Waals surface area contributed by atoms with E-state index in [9.17, 15) is 13.2 Å². The van der Waals surface area contributed by atoms with Crippen LogP contribution in [0.25, 0.3) is 0 Å². The Morgan fingerprint density at radius 3 is 2.45 bits per heavy atom. The molecule has 3 atom stereocenters. The zero-order chi connectivity index (χ0) is 14.8. The van der Waals surface area contributed by atoms with E-state index in [2.05, 4.69) is 5.32 Å². The van der Waals surface area contributed by atoms with Crippen LogP contribution in [0, 0.1) is 0 Å². The van der Waals surface area contributed by atoms with Crippen LogP contribution in [0.15, 0.2) is 24.3 Å². The molecule has 3 nitrogen and oxygen atoms in total. The summed E-state index contributed by atoms with van der Waals surface area (Å²) in [6, 6.07) is 5.67. The van der Waals surface area contributed by atoms with E-state index in [1.807, 2.05) is 0 Å². The molecule has 20 heavy (non-hydrogen) atoms. The summed E-state index contributed by atoms with van der Waals surface area (Å²) in [6.45, 7) is 0.464. The lowest BCUT2D eigenvalue weighted by atomic mass is 9.84. The van der Waals surface area contributed by atoms with E-state index >= 15 is 0 Å². The van der Waals surface area contributed by atoms with Crippen molar-refractivity contribution in [1.29, 1.82) is 0 Å². The van der Waals surface area contributed by atoms with Gasteiger partial charge in [-0.2, -0.15) is 13.2 Å². The number of rotatable bonds is 3. The molecular formula is C14H18F3NO2. The lowest BCUT2D eigenvalue weighted by Gasteiger charge is -2.36. The first-order valence-corrected chi connectivity index (χ1v) is 6.42. The Morgan fingerprint density at radius 1 is 1.15 bits per heavy atom. The SMILES string of the molecule is COC1CC(c2ccccc2C(F)(F)F)C(OC)CN1. The first-order chi connectivity index (χ1) is 9.47. The van der Waals surface area contributed by atoms with E-state index in [1.54, 1.807) is 6.07 Å². The molecule has 0 aliphatic carbocycles. The molecule has 6 heteroatoms. The second kappa shape index (κ2) is 6.11. The Balaban J connectivity index is 2.37. The molecule has 1 aromatic carbocycles. The van der Waals surface area contributed by atoms with E-state index in [0.29, 0.717) is 13.0 Å². The Morgan fingerprint density at radius 2 is 1.85 bits per heavy atom. The van der Waals surface area contributed by atoms with Crippen LogP contribution in [0.1, 0.15) is 23.5 Å². The van der Waals surface area contributed by atoms with Gasteiger partial charge < -0.3 is 9.47 Å². The van der Waals surface area contributed by atoms with Crippen LogP contribution in [0.5, 0.6) is 0 Å². The van der Waals surface area contributed by atoms with Gasteiger partial charge in [-0.15, -0.1) is 0 Å². The summed E-state index contributed by atoms with van der Waals surface area (Å²) in [6.07, 6.45) is -4.47. The van der Waals surface area contributed by atoms with Gasteiger partial charge in [0.25, 0.3) is 0 Å². The summed E-state index contributed by atoms with van der Waals surface area (Å²) >= 11 is 0. The molecule has 0 saturated carbocycles. The van der Waals surface area contributed by atoms with Crippen LogP contribution in [-0.4, -0.2) is 33.1 Å². The third kappa shape index (κ3) is 3.13. The third-order valence-corrected chi connectivity index (χ3v) is 3.72. The number of hydrogen-bond acceptors (Lipinski definition) is 3. The summed E-state index contributed by atoms with van der Waals surface area (Å²) in [4.78, 5) is 0. The Kier molecular flexibility index (Phi) is 4.67. The lowest BCUT2D eigenvalue weighted by Crippen LogP contribution is -2.47. The minimum absolute atomic E-state index is 0.257. The molecule has 1 saturated heterocycles. The fourth-order valence-electron chi connectivity index (χ4n) is 2.69. The second-order valence-electron chi connectivity index (χ2n) is 4.83. The number of methoxy groups -OCH3 is 2. The summed E-state index contributed by atoms with van der Waals surface area (Å²) in [7, 11) is 3.06. The first-order valence-electron chi connectivity index (χ1n) is 6.42. The lowest BCUT2D eigenvalue weighted by molar-refractivity contribution is -0.139. The van der Waals surface area contributed by atoms with Gasteiger partial charge in [-0.1, -0.05) is 18.2 Å². The fourth-order valence-corrected chi connectivity index (χ4v) is 2.69. The zero-order valence-electron chi connectivity index (χ0n) is 11.4. The van der Waals surface area contributed by atoms with Crippen molar-refractivity contribution in [2.24, 2.45) is 0 Å². The zero-order valence-corrected chi connectivity index (χ0v) is 11.4. The second-order valence-corrected chi connectivity index (χ2v) is 4.83. The Bertz CT molecular complexity index is 450. The molecule has 1 heterocycles. The maximum absolute atomic E-state index is 13.1. The molecule has 1 aliphatic heterocycles. The molecule has 1 aromatic rings. The molecule has 1 N–H and O–H groups in total. The van der Waals surface area contributed by atoms with Crippen molar-refractivity contribution in [2.45, 2.75) is 30.8 Å². The van der Waals surface area contributed by atoms with E-state index in [0.717, 1.165) is 6.07 Å². The molecule has 0 aromatic heterocycles. The van der Waals surface area contributed by atoms with Crippen LogP contribution in [0.2, 0.25) is 0 Å². The molecule has 0 radical (unpaired) electrons. The van der Waals surface area contributed by atoms with Gasteiger partial charge in [0.05, 0.1) is 11.7 Å². The Hall–Kier alpha value is -1.11. The fraction of sp³-hybridized carbons (Fsp3) is 0.571. The van der Waals surface area contributed by atoms with Crippen LogP contribution in [0.3, 0.4) is 0 Å². The number of halogens is 3. The molecule has 1 fully saturated rings. The first kappa shape index (κ1) is 15.3. The van der Waals surface area contributed by atoms with Crippen molar-refractivity contribution < 1.29 is 22.6 Å². The number of nitrogens with one attached hydrogen (secondary N) is 1. The van der Waals surface area contributed by atoms with Crippen molar-refractivity contribution in [2.75, 3.05) is 20.8 Å². The van der Waals surface area contributed by atoms with Crippen molar-refractivity contribution in [3.05, 3.63) is 35.4 Å². The third-order valence-electron chi connectivity index (χ3n) is 3.72. The number of ether oxygens (including phenoxy) is 2. The van der Waals surface area contributed by atoms with Crippen LogP contribution in [0.4, 0.5) is 13.2 Å². The highest BCUT2D eigenvalue weighted by atomic mass is 19.4. The average Bonchev–Trinajstić information content (AvgIpc) is 2.45. The van der Waals surface area contributed by atoms with Gasteiger partial charge in [0, 0.05) is 26.7 Å². The van der Waals surface area contributed by atoms with Gasteiger partial charge in [0.2, 0.25) is 0 Å². The standard InChI is InChI=1S/C14H18F3NO2/c1-19-12-8-18-13(20-2)7-10(12)9-5-3-4-6-11(9)14(15,16)17/h3-6,10,12-13,18H,7-8H2,1-2H3. The van der Waals surface area contributed by atoms with Gasteiger partial charge in [0.1, 0.15) is 6.23 Å². The van der Waals surface area contributed by atoms with Crippen LogP contribution < -0.4 is 5.32 Å². The van der Waals surface area contributed by atoms with Gasteiger partial charge in [0.15, 0.2) is 0 Å². The van der Waals surface area contributed by atoms with Gasteiger partial charge >= 0.3 is 6.18 Å². The maximum atomic E-state index is 13.1. The highest BCUT2D eigenvalue weighted by molar-refractivity contribution is 5.34. The van der Waals surface area contributed by atoms with E-state index < -0.39 is 11.7 Å². The minimum Gasteiger partial charge on any atom is -0.379 e. The monoisotopic (exact) mass is 289 g/mol. The normalized spacial score (nSPS) is 27.6. The highest BCUT2D eigenvalue weighted by Gasteiger charge is 2.39. The van der Waals surface area contributed by atoms with E-state index in [4.69, 9.17) is 9.47 Å². The predicted molar refractivity (Wildman–Crippen MR) is 68.4 cm³/mol. The van der Waals surface area contributed by atoms with E-state index in [1.165, 1.54) is 26.4 Å². The smallest absolute Gasteiger partial charge is 0.379 e. The average molecular weight is 289 g/mol. The number of hydrogen-bond donors (Lipinski definition) is 1. The van der Waals surface area contributed by atoms with Crippen LogP contribution >= 0.6 is 0 Å². The number of benzene rings is 1. The molecule has 0 bridgehead atoms. The summed E-state index contributed by atoms with van der Waals surface area (Å²) < 4.78 is 49.9. The maximum Gasteiger partial charge on any atom is 0.416 e. The van der Waals surface area contributed by atoms with Crippen molar-refractivity contribution in [3.8, 4) is 0 Å². The predicted octanol–water partition coefficient (Wildman–Crippen LogP) is 2.77. The van der Waals surface area contributed by atoms with Crippen LogP contribution in [-0.2, 0) is 15.7 Å². The number of piperidine rings is 1. The summed E-state index contributed by atoms with van der Waals surface area (Å²) in [5, 5.41) is 3.10. The summed E-state index contributed by atoms with van der Waals surface area (Å²) in [5.74, 6) is -0.343. The minimum atomic E-state index is -4.36. The van der Waals surface area contributed by atoms with Crippen molar-refractivity contribution in [1.82, 2.24) is 5.32 Å². The van der Waals surface area contributed by atoms with Gasteiger partial charge in [-0.3, -0.25) is 5.32 Å². The molecule has 3 unspecified atom stereocenters. The molecule has 0 amide bonds. The topological polar surface area (TPSA) is 30.5 Å². The molecule has 0 spiro atoms. The summed E-state index contributed by atoms with van der Waals surface area (Å²) in [5.41, 5.74) is -0.320. The molecule has 1 aliphatic rings. The highest BCUT2D eigenvalue weighted by Crippen LogP contribution is 2.39. The molecule has 2 rings (SSSR count). The quantitative estimate of drug-likeness (QED) is 0.928.